The number of allylic oxidation sites excluding steroid dienone is 9. The predicted octanol–water partition coefficient (Wildman–Crippen LogP) is 8.27. The molecule has 178 valence electrons. The van der Waals surface area contributed by atoms with Crippen molar-refractivity contribution in [3.63, 3.8) is 0 Å². The van der Waals surface area contributed by atoms with E-state index in [1.54, 1.807) is 13.0 Å². The summed E-state index contributed by atoms with van der Waals surface area (Å²) in [5, 5.41) is 0. The van der Waals surface area contributed by atoms with Gasteiger partial charge >= 0.3 is 0 Å². The SMILES string of the molecule is C=CCOC(=C)/C(F)=C(/F)C(=C)C(=C)/C=C\C(=C)C(=C)/C=C(/F)C(=C)C(C)OCC(C)C=C. The van der Waals surface area contributed by atoms with Crippen molar-refractivity contribution in [2.45, 2.75) is 20.0 Å². The first kappa shape index (κ1) is 29.7. The highest BCUT2D eigenvalue weighted by Gasteiger charge is 2.16. The molecule has 0 aliphatic heterocycles. The monoisotopic (exact) mass is 458 g/mol. The van der Waals surface area contributed by atoms with Crippen LogP contribution in [0, 0.1) is 5.92 Å². The average Bonchev–Trinajstić information content (AvgIpc) is 2.81. The molecule has 0 aromatic carbocycles. The standard InChI is InChI=1S/C28H33F3O2/c1-11-15-32-25(10)28(31)27(30)22(7)20(5)14-13-19(4)21(6)16-26(29)23(8)24(9)33-17-18(3)12-2/h11-14,16,18,24H,1-2,4-8,10,15,17H2,3,9H3/b14-13-,26-16+,28-27-. The molecule has 0 N–H and O–H groups in total. The van der Waals surface area contributed by atoms with E-state index in [-0.39, 0.29) is 34.8 Å². The summed E-state index contributed by atoms with van der Waals surface area (Å²) in [6, 6.07) is 0. The quantitative estimate of drug-likeness (QED) is 0.132. The van der Waals surface area contributed by atoms with Gasteiger partial charge in [-0.2, -0.15) is 4.39 Å². The van der Waals surface area contributed by atoms with Crippen molar-refractivity contribution in [2.24, 2.45) is 5.92 Å². The van der Waals surface area contributed by atoms with E-state index in [9.17, 15) is 13.2 Å². The van der Waals surface area contributed by atoms with Gasteiger partial charge in [0.1, 0.15) is 12.4 Å². The molecule has 2 atom stereocenters. The van der Waals surface area contributed by atoms with Gasteiger partial charge in [-0.3, -0.25) is 0 Å². The summed E-state index contributed by atoms with van der Waals surface area (Å²) in [6.07, 6.45) is 6.53. The summed E-state index contributed by atoms with van der Waals surface area (Å²) >= 11 is 0. The van der Waals surface area contributed by atoms with Crippen LogP contribution in [0.2, 0.25) is 0 Å². The lowest BCUT2D eigenvalue weighted by molar-refractivity contribution is 0.0751. The molecule has 0 radical (unpaired) electrons. The van der Waals surface area contributed by atoms with E-state index in [2.05, 4.69) is 52.6 Å². The van der Waals surface area contributed by atoms with Gasteiger partial charge < -0.3 is 9.47 Å². The maximum Gasteiger partial charge on any atom is 0.200 e. The maximum atomic E-state index is 14.5. The number of rotatable bonds is 16. The van der Waals surface area contributed by atoms with E-state index in [1.165, 1.54) is 24.3 Å². The van der Waals surface area contributed by atoms with Crippen LogP contribution in [0.5, 0.6) is 0 Å². The zero-order valence-corrected chi connectivity index (χ0v) is 19.6. The van der Waals surface area contributed by atoms with Crippen molar-refractivity contribution in [3.05, 3.63) is 134 Å². The Hall–Kier alpha value is -3.31. The summed E-state index contributed by atoms with van der Waals surface area (Å²) in [5.41, 5.74) is 0.497. The fraction of sp³-hybridized carbons (Fsp3) is 0.214. The highest BCUT2D eigenvalue weighted by atomic mass is 19.2. The van der Waals surface area contributed by atoms with Crippen LogP contribution in [-0.4, -0.2) is 19.3 Å². The summed E-state index contributed by atoms with van der Waals surface area (Å²) in [6.45, 7) is 32.8. The van der Waals surface area contributed by atoms with Gasteiger partial charge in [-0.05, 0) is 35.6 Å². The zero-order chi connectivity index (χ0) is 25.7. The molecule has 0 saturated heterocycles. The van der Waals surface area contributed by atoms with Crippen LogP contribution in [0.1, 0.15) is 13.8 Å². The molecule has 0 heterocycles. The molecule has 0 aliphatic rings. The highest BCUT2D eigenvalue weighted by molar-refractivity contribution is 5.52. The molecule has 33 heavy (non-hydrogen) atoms. The minimum absolute atomic E-state index is 0.0237. The van der Waals surface area contributed by atoms with Gasteiger partial charge in [0.2, 0.25) is 5.83 Å². The van der Waals surface area contributed by atoms with Crippen LogP contribution in [0.15, 0.2) is 134 Å². The fourth-order valence-electron chi connectivity index (χ4n) is 2.02. The van der Waals surface area contributed by atoms with Crippen molar-refractivity contribution in [1.29, 1.82) is 0 Å². The van der Waals surface area contributed by atoms with Crippen LogP contribution < -0.4 is 0 Å². The Morgan fingerprint density at radius 2 is 1.42 bits per heavy atom. The molecule has 0 aliphatic carbocycles. The first-order chi connectivity index (χ1) is 15.4. The smallest absolute Gasteiger partial charge is 0.200 e. The van der Waals surface area contributed by atoms with Crippen molar-refractivity contribution < 1.29 is 22.6 Å². The Kier molecular flexibility index (Phi) is 13.2. The van der Waals surface area contributed by atoms with Gasteiger partial charge in [-0.25, -0.2) is 8.78 Å². The maximum absolute atomic E-state index is 14.5. The Morgan fingerprint density at radius 1 is 0.848 bits per heavy atom. The second-order valence-electron chi connectivity index (χ2n) is 7.24. The van der Waals surface area contributed by atoms with E-state index >= 15 is 0 Å². The lowest BCUT2D eigenvalue weighted by atomic mass is 10.0. The van der Waals surface area contributed by atoms with Crippen molar-refractivity contribution >= 4 is 0 Å². The molecule has 0 aromatic rings. The van der Waals surface area contributed by atoms with Crippen molar-refractivity contribution in [3.8, 4) is 0 Å². The van der Waals surface area contributed by atoms with Crippen molar-refractivity contribution in [1.82, 2.24) is 0 Å². The Bertz CT molecular complexity index is 929. The third-order valence-electron chi connectivity index (χ3n) is 4.47. The third kappa shape index (κ3) is 10.2. The molecule has 5 heteroatoms. The van der Waals surface area contributed by atoms with E-state index in [0.717, 1.165) is 0 Å². The Balaban J connectivity index is 5.15. The van der Waals surface area contributed by atoms with E-state index in [1.807, 2.05) is 6.92 Å². The van der Waals surface area contributed by atoms with Gasteiger partial charge in [0.05, 0.1) is 12.7 Å². The van der Waals surface area contributed by atoms with Crippen LogP contribution in [0.25, 0.3) is 0 Å². The van der Waals surface area contributed by atoms with E-state index < -0.39 is 29.3 Å². The second-order valence-corrected chi connectivity index (χ2v) is 7.24. The van der Waals surface area contributed by atoms with Crippen molar-refractivity contribution in [2.75, 3.05) is 13.2 Å². The Labute approximate surface area is 196 Å². The van der Waals surface area contributed by atoms with Crippen LogP contribution >= 0.6 is 0 Å². The lowest BCUT2D eigenvalue weighted by Gasteiger charge is -2.16. The normalized spacial score (nSPS) is 14.0. The first-order valence-corrected chi connectivity index (χ1v) is 10.1. The van der Waals surface area contributed by atoms with Crippen LogP contribution in [0.4, 0.5) is 13.2 Å². The minimum atomic E-state index is -1.29. The molecule has 2 nitrogen and oxygen atoms in total. The topological polar surface area (TPSA) is 18.5 Å². The molecule has 0 spiro atoms. The fourth-order valence-corrected chi connectivity index (χ4v) is 2.02. The predicted molar refractivity (Wildman–Crippen MR) is 133 cm³/mol. The van der Waals surface area contributed by atoms with Crippen LogP contribution in [-0.2, 0) is 9.47 Å². The molecule has 0 saturated carbocycles. The highest BCUT2D eigenvalue weighted by Crippen LogP contribution is 2.27. The molecule has 0 fully saturated rings. The van der Waals surface area contributed by atoms with Crippen LogP contribution in [0.3, 0.4) is 0 Å². The molecule has 2 unspecified atom stereocenters. The summed E-state index contributed by atoms with van der Waals surface area (Å²) < 4.78 is 53.3. The minimum Gasteiger partial charge on any atom is -0.487 e. The summed E-state index contributed by atoms with van der Waals surface area (Å²) in [7, 11) is 0. The number of ether oxygens (including phenoxy) is 2. The van der Waals surface area contributed by atoms with Gasteiger partial charge in [0.25, 0.3) is 0 Å². The molecule has 0 rings (SSSR count). The molecule has 0 bridgehead atoms. The Morgan fingerprint density at radius 3 is 1.97 bits per heavy atom. The summed E-state index contributed by atoms with van der Waals surface area (Å²) in [4.78, 5) is 0. The number of hydrogen-bond donors (Lipinski definition) is 0. The number of hydrogen-bond acceptors (Lipinski definition) is 2. The zero-order valence-electron chi connectivity index (χ0n) is 19.6. The van der Waals surface area contributed by atoms with Gasteiger partial charge in [-0.15, -0.1) is 6.58 Å². The van der Waals surface area contributed by atoms with Gasteiger partial charge in [-0.1, -0.05) is 77.3 Å². The first-order valence-electron chi connectivity index (χ1n) is 10.1. The van der Waals surface area contributed by atoms with E-state index in [4.69, 9.17) is 9.47 Å². The average molecular weight is 459 g/mol. The molecule has 0 amide bonds. The van der Waals surface area contributed by atoms with Gasteiger partial charge in [0.15, 0.2) is 11.6 Å². The largest absolute Gasteiger partial charge is 0.487 e. The molecular formula is C28H33F3O2. The molecule has 0 aromatic heterocycles. The lowest BCUT2D eigenvalue weighted by Crippen LogP contribution is -2.15. The number of halogens is 3. The van der Waals surface area contributed by atoms with E-state index in [0.29, 0.717) is 12.2 Å². The summed E-state index contributed by atoms with van der Waals surface area (Å²) in [5.74, 6) is -3.51. The molecular weight excluding hydrogens is 425 g/mol. The van der Waals surface area contributed by atoms with Gasteiger partial charge in [0, 0.05) is 11.1 Å². The third-order valence-corrected chi connectivity index (χ3v) is 4.47. The second kappa shape index (κ2) is 14.7.